The van der Waals surface area contributed by atoms with Crippen molar-refractivity contribution in [1.82, 2.24) is 4.57 Å². The van der Waals surface area contributed by atoms with Crippen LogP contribution in [0.2, 0.25) is 0 Å². The molecule has 148 valence electrons. The highest BCUT2D eigenvalue weighted by molar-refractivity contribution is 6.08. The molecule has 0 aliphatic heterocycles. The van der Waals surface area contributed by atoms with Crippen LogP contribution in [0.1, 0.15) is 32.7 Å². The van der Waals surface area contributed by atoms with E-state index in [4.69, 9.17) is 9.84 Å². The number of aromatic nitrogens is 1. The number of ketones is 1. The molecule has 29 heavy (non-hydrogen) atoms. The lowest BCUT2D eigenvalue weighted by atomic mass is 10.1. The summed E-state index contributed by atoms with van der Waals surface area (Å²) in [5.41, 5.74) is 4.19. The van der Waals surface area contributed by atoms with E-state index in [9.17, 15) is 9.59 Å². The molecule has 0 amide bonds. The summed E-state index contributed by atoms with van der Waals surface area (Å²) in [5, 5.41) is 8.78. The molecular formula is C24H23NO4. The van der Waals surface area contributed by atoms with Crippen LogP contribution in [0.3, 0.4) is 0 Å². The number of ether oxygens (including phenoxy) is 1. The van der Waals surface area contributed by atoms with Gasteiger partial charge in [-0.3, -0.25) is 4.79 Å². The number of hydrogen-bond acceptors (Lipinski definition) is 3. The van der Waals surface area contributed by atoms with E-state index in [1.165, 1.54) is 0 Å². The first-order valence-corrected chi connectivity index (χ1v) is 9.32. The molecule has 1 N–H and O–H groups in total. The Hall–Kier alpha value is -3.60. The van der Waals surface area contributed by atoms with Crippen LogP contribution in [-0.4, -0.2) is 28.0 Å². The third-order valence-corrected chi connectivity index (χ3v) is 4.55. The molecule has 0 atom stereocenters. The van der Waals surface area contributed by atoms with Crippen LogP contribution in [0.5, 0.6) is 5.75 Å². The molecule has 0 unspecified atom stereocenters. The third-order valence-electron chi connectivity index (χ3n) is 4.55. The van der Waals surface area contributed by atoms with Gasteiger partial charge in [-0.2, -0.15) is 0 Å². The van der Waals surface area contributed by atoms with Crippen LogP contribution in [0, 0.1) is 13.8 Å². The molecule has 3 aromatic rings. The highest BCUT2D eigenvalue weighted by atomic mass is 16.5. The Morgan fingerprint density at radius 3 is 2.55 bits per heavy atom. The molecule has 0 aliphatic rings. The van der Waals surface area contributed by atoms with Crippen molar-refractivity contribution >= 4 is 17.8 Å². The van der Waals surface area contributed by atoms with E-state index in [1.54, 1.807) is 0 Å². The van der Waals surface area contributed by atoms with Crippen molar-refractivity contribution in [2.45, 2.75) is 20.4 Å². The van der Waals surface area contributed by atoms with Gasteiger partial charge in [-0.1, -0.05) is 54.1 Å². The number of aryl methyl sites for hydroxylation is 2. The molecule has 2 aromatic carbocycles. The first-order chi connectivity index (χ1) is 13.9. The second-order valence-electron chi connectivity index (χ2n) is 6.85. The van der Waals surface area contributed by atoms with Gasteiger partial charge in [-0.25, -0.2) is 4.79 Å². The standard InChI is InChI=1S/C24H23NO4/c1-17-7-11-20(12-8-17)24(28)21-6-4-14-25(21)13-3-5-19-10-9-18(2)22(15-19)29-16-23(26)27/h3-12,14-15H,13,16H2,1-2H3,(H,26,27). The monoisotopic (exact) mass is 389 g/mol. The van der Waals surface area contributed by atoms with E-state index in [0.717, 1.165) is 16.7 Å². The van der Waals surface area contributed by atoms with Crippen molar-refractivity contribution in [3.63, 3.8) is 0 Å². The first kappa shape index (κ1) is 20.1. The van der Waals surface area contributed by atoms with E-state index in [1.807, 2.05) is 91.4 Å². The van der Waals surface area contributed by atoms with E-state index in [2.05, 4.69) is 0 Å². The summed E-state index contributed by atoms with van der Waals surface area (Å²) < 4.78 is 7.21. The number of hydrogen-bond donors (Lipinski definition) is 1. The van der Waals surface area contributed by atoms with Gasteiger partial charge in [0.15, 0.2) is 6.61 Å². The van der Waals surface area contributed by atoms with Crippen molar-refractivity contribution in [1.29, 1.82) is 0 Å². The number of carboxylic acids is 1. The minimum absolute atomic E-state index is 0.0110. The lowest BCUT2D eigenvalue weighted by molar-refractivity contribution is -0.139. The summed E-state index contributed by atoms with van der Waals surface area (Å²) in [4.78, 5) is 23.5. The zero-order valence-corrected chi connectivity index (χ0v) is 16.5. The molecule has 3 rings (SSSR count). The van der Waals surface area contributed by atoms with Gasteiger partial charge in [0.2, 0.25) is 5.78 Å². The van der Waals surface area contributed by atoms with Crippen LogP contribution in [0.25, 0.3) is 6.08 Å². The molecule has 0 saturated carbocycles. The second-order valence-corrected chi connectivity index (χ2v) is 6.85. The lowest BCUT2D eigenvalue weighted by Gasteiger charge is -2.08. The van der Waals surface area contributed by atoms with Crippen molar-refractivity contribution in [2.75, 3.05) is 6.61 Å². The SMILES string of the molecule is Cc1ccc(C(=O)c2cccn2CC=Cc2ccc(C)c(OCC(=O)O)c2)cc1. The molecule has 1 aromatic heterocycles. The van der Waals surface area contributed by atoms with Crippen LogP contribution < -0.4 is 4.74 Å². The number of carbonyl (C=O) groups is 2. The van der Waals surface area contributed by atoms with E-state index >= 15 is 0 Å². The van der Waals surface area contributed by atoms with Crippen LogP contribution >= 0.6 is 0 Å². The third kappa shape index (κ3) is 5.23. The minimum Gasteiger partial charge on any atom is -0.482 e. The zero-order valence-electron chi connectivity index (χ0n) is 16.5. The maximum atomic E-state index is 12.8. The average Bonchev–Trinajstić information content (AvgIpc) is 3.16. The van der Waals surface area contributed by atoms with Crippen molar-refractivity contribution in [2.24, 2.45) is 0 Å². The maximum Gasteiger partial charge on any atom is 0.341 e. The summed E-state index contributed by atoms with van der Waals surface area (Å²) in [5.74, 6) is -0.474. The van der Waals surface area contributed by atoms with Gasteiger partial charge >= 0.3 is 5.97 Å². The Morgan fingerprint density at radius 1 is 1.07 bits per heavy atom. The van der Waals surface area contributed by atoms with Crippen molar-refractivity contribution in [3.05, 3.63) is 94.8 Å². The predicted molar refractivity (Wildman–Crippen MR) is 112 cm³/mol. The average molecular weight is 389 g/mol. The van der Waals surface area contributed by atoms with Gasteiger partial charge in [0.1, 0.15) is 5.75 Å². The predicted octanol–water partition coefficient (Wildman–Crippen LogP) is 4.51. The number of allylic oxidation sites excluding steroid dienone is 1. The normalized spacial score (nSPS) is 11.0. The van der Waals surface area contributed by atoms with Crippen LogP contribution in [-0.2, 0) is 11.3 Å². The summed E-state index contributed by atoms with van der Waals surface area (Å²) in [6, 6.07) is 16.9. The van der Waals surface area contributed by atoms with Gasteiger partial charge in [-0.15, -0.1) is 0 Å². The maximum absolute atomic E-state index is 12.8. The zero-order chi connectivity index (χ0) is 20.8. The van der Waals surface area contributed by atoms with Gasteiger partial charge in [0.05, 0.1) is 5.69 Å². The Bertz CT molecular complexity index is 1040. The van der Waals surface area contributed by atoms with E-state index in [0.29, 0.717) is 23.6 Å². The molecule has 0 aliphatic carbocycles. The molecule has 5 nitrogen and oxygen atoms in total. The van der Waals surface area contributed by atoms with E-state index < -0.39 is 5.97 Å². The topological polar surface area (TPSA) is 68.5 Å². The minimum atomic E-state index is -1.01. The second kappa shape index (κ2) is 9.06. The number of benzene rings is 2. The summed E-state index contributed by atoms with van der Waals surface area (Å²) in [6.45, 7) is 4.03. The Morgan fingerprint density at radius 2 is 1.83 bits per heavy atom. The van der Waals surface area contributed by atoms with Crippen LogP contribution in [0.15, 0.2) is 66.9 Å². The number of aliphatic carboxylic acids is 1. The fourth-order valence-electron chi connectivity index (χ4n) is 2.95. The van der Waals surface area contributed by atoms with Gasteiger partial charge in [-0.05, 0) is 43.2 Å². The Balaban J connectivity index is 1.71. The smallest absolute Gasteiger partial charge is 0.341 e. The Kier molecular flexibility index (Phi) is 6.29. The molecule has 0 spiro atoms. The van der Waals surface area contributed by atoms with Gasteiger partial charge < -0.3 is 14.4 Å². The molecule has 0 radical (unpaired) electrons. The Labute approximate surface area is 169 Å². The molecule has 1 heterocycles. The fourth-order valence-corrected chi connectivity index (χ4v) is 2.95. The van der Waals surface area contributed by atoms with Crippen LogP contribution in [0.4, 0.5) is 0 Å². The quantitative estimate of drug-likeness (QED) is 0.576. The number of rotatable bonds is 8. The van der Waals surface area contributed by atoms with Gasteiger partial charge in [0, 0.05) is 18.3 Å². The number of nitrogens with zero attached hydrogens (tertiary/aromatic N) is 1. The van der Waals surface area contributed by atoms with Gasteiger partial charge in [0.25, 0.3) is 0 Å². The van der Waals surface area contributed by atoms with Crippen molar-refractivity contribution in [3.8, 4) is 5.75 Å². The highest BCUT2D eigenvalue weighted by Gasteiger charge is 2.12. The molecule has 0 fully saturated rings. The largest absolute Gasteiger partial charge is 0.482 e. The molecule has 0 bridgehead atoms. The molecule has 5 heteroatoms. The molecule has 0 saturated heterocycles. The fraction of sp³-hybridized carbons (Fsp3) is 0.167. The lowest BCUT2D eigenvalue weighted by Crippen LogP contribution is -2.10. The first-order valence-electron chi connectivity index (χ1n) is 9.32. The molecular weight excluding hydrogens is 366 g/mol. The number of carbonyl (C=O) groups excluding carboxylic acids is 1. The highest BCUT2D eigenvalue weighted by Crippen LogP contribution is 2.20. The summed E-state index contributed by atoms with van der Waals surface area (Å²) >= 11 is 0. The summed E-state index contributed by atoms with van der Waals surface area (Å²) in [6.07, 6.45) is 5.76. The summed E-state index contributed by atoms with van der Waals surface area (Å²) in [7, 11) is 0. The number of carboxylic acid groups (broad SMARTS) is 1. The van der Waals surface area contributed by atoms with Crippen molar-refractivity contribution < 1.29 is 19.4 Å². The van der Waals surface area contributed by atoms with E-state index in [-0.39, 0.29) is 12.4 Å².